The molecule has 0 aromatic rings. The molecule has 3 unspecified atom stereocenters. The molecule has 0 amide bonds. The maximum Gasteiger partial charge on any atom is 0.320 e. The summed E-state index contributed by atoms with van der Waals surface area (Å²) < 4.78 is 0. The molecule has 142 valence electrons. The first-order chi connectivity index (χ1) is 11.8. The van der Waals surface area contributed by atoms with Crippen LogP contribution in [0.4, 0.5) is 0 Å². The minimum Gasteiger partial charge on any atom is -0.480 e. The Morgan fingerprint density at radius 1 is 1.20 bits per heavy atom. The van der Waals surface area contributed by atoms with E-state index in [1.807, 2.05) is 6.92 Å². The number of hydrogen-bond acceptors (Lipinski definition) is 7. The molecule has 0 aromatic carbocycles. The lowest BCUT2D eigenvalue weighted by atomic mass is 10.1. The third-order valence-electron chi connectivity index (χ3n) is 3.79. The van der Waals surface area contributed by atoms with Crippen molar-refractivity contribution in [3.05, 3.63) is 0 Å². The van der Waals surface area contributed by atoms with E-state index in [0.29, 0.717) is 44.7 Å². The normalized spacial score (nSPS) is 20.7. The molecule has 0 radical (unpaired) electrons. The second kappa shape index (κ2) is 10.6. The van der Waals surface area contributed by atoms with Crippen molar-refractivity contribution in [3.63, 3.8) is 0 Å². The number of amidine groups is 1. The van der Waals surface area contributed by atoms with E-state index >= 15 is 0 Å². The number of unbranched alkanes of at least 4 members (excludes halogenated alkanes) is 1. The molecule has 3 atom stereocenters. The van der Waals surface area contributed by atoms with Crippen LogP contribution in [0.2, 0.25) is 0 Å². The van der Waals surface area contributed by atoms with Crippen molar-refractivity contribution in [3.8, 4) is 0 Å². The molecule has 0 saturated heterocycles. The predicted molar refractivity (Wildman–Crippen MR) is 94.6 cm³/mol. The molecular weight excluding hydrogens is 328 g/mol. The number of carboxylic acids is 2. The molecule has 0 spiro atoms. The molecule has 1 rings (SSSR count). The van der Waals surface area contributed by atoms with E-state index in [-0.39, 0.29) is 6.04 Å². The van der Waals surface area contributed by atoms with Gasteiger partial charge in [-0.2, -0.15) is 0 Å². The Balaban J connectivity index is 2.21. The fourth-order valence-corrected chi connectivity index (χ4v) is 2.23. The summed E-state index contributed by atoms with van der Waals surface area (Å²) >= 11 is 0. The van der Waals surface area contributed by atoms with Gasteiger partial charge in [-0.05, 0) is 39.0 Å². The number of carbonyl (C=O) groups is 2. The topological polar surface area (TPSA) is 175 Å². The number of nitrogens with one attached hydrogen (secondary N) is 2. The molecule has 0 aromatic heterocycles. The van der Waals surface area contributed by atoms with Gasteiger partial charge < -0.3 is 32.3 Å². The summed E-state index contributed by atoms with van der Waals surface area (Å²) in [5, 5.41) is 23.6. The number of hydrogen-bond donors (Lipinski definition) is 6. The highest BCUT2D eigenvalue weighted by molar-refractivity contribution is 6.07. The van der Waals surface area contributed by atoms with E-state index in [1.54, 1.807) is 0 Å². The number of rotatable bonds is 11. The van der Waals surface area contributed by atoms with E-state index in [9.17, 15) is 9.59 Å². The van der Waals surface area contributed by atoms with Crippen LogP contribution in [-0.4, -0.2) is 65.2 Å². The second-order valence-corrected chi connectivity index (χ2v) is 6.00. The standard InChI is InChI=1S/C15H28N6O4/c1-9-12(18-7-3-2-5-10(16)13(22)23)21-15(20-9)19-8-4-6-11(17)14(24)25/h9-11H,2-8,16-17H2,1H3,(H,22,23)(H,24,25)(H2,18,19,20,21). The number of guanidine groups is 1. The lowest BCUT2D eigenvalue weighted by Gasteiger charge is -2.09. The van der Waals surface area contributed by atoms with E-state index in [4.69, 9.17) is 21.7 Å². The minimum atomic E-state index is -0.997. The third-order valence-corrected chi connectivity index (χ3v) is 3.79. The van der Waals surface area contributed by atoms with Crippen LogP contribution in [0.3, 0.4) is 0 Å². The zero-order valence-electron chi connectivity index (χ0n) is 14.4. The zero-order valence-corrected chi connectivity index (χ0v) is 14.4. The van der Waals surface area contributed by atoms with Crippen LogP contribution in [0, 0.1) is 0 Å². The predicted octanol–water partition coefficient (Wildman–Crippen LogP) is -0.903. The lowest BCUT2D eigenvalue weighted by molar-refractivity contribution is -0.139. The van der Waals surface area contributed by atoms with Gasteiger partial charge in [0, 0.05) is 13.1 Å². The maximum atomic E-state index is 10.6. The smallest absolute Gasteiger partial charge is 0.320 e. The van der Waals surface area contributed by atoms with Crippen LogP contribution in [0.25, 0.3) is 0 Å². The molecule has 0 saturated carbocycles. The number of nitrogens with zero attached hydrogens (tertiary/aromatic N) is 2. The van der Waals surface area contributed by atoms with Crippen molar-refractivity contribution in [1.82, 2.24) is 10.6 Å². The van der Waals surface area contributed by atoms with Gasteiger partial charge in [-0.3, -0.25) is 14.6 Å². The first-order valence-corrected chi connectivity index (χ1v) is 8.41. The van der Waals surface area contributed by atoms with Crippen molar-refractivity contribution in [1.29, 1.82) is 0 Å². The molecule has 1 aliphatic rings. The van der Waals surface area contributed by atoms with Gasteiger partial charge >= 0.3 is 11.9 Å². The van der Waals surface area contributed by atoms with Crippen LogP contribution in [0.15, 0.2) is 9.98 Å². The van der Waals surface area contributed by atoms with Gasteiger partial charge in [0.25, 0.3) is 0 Å². The summed E-state index contributed by atoms with van der Waals surface area (Å²) in [4.78, 5) is 30.1. The fraction of sp³-hybridized carbons (Fsp3) is 0.733. The first kappa shape index (κ1) is 20.8. The quantitative estimate of drug-likeness (QED) is 0.258. The van der Waals surface area contributed by atoms with E-state index < -0.39 is 24.0 Å². The Hall–Kier alpha value is -2.20. The molecule has 10 nitrogen and oxygen atoms in total. The van der Waals surface area contributed by atoms with Gasteiger partial charge in [0.2, 0.25) is 0 Å². The molecule has 25 heavy (non-hydrogen) atoms. The van der Waals surface area contributed by atoms with Crippen LogP contribution in [0.5, 0.6) is 0 Å². The number of aliphatic carboxylic acids is 2. The zero-order chi connectivity index (χ0) is 18.8. The van der Waals surface area contributed by atoms with Gasteiger partial charge in [0.15, 0.2) is 5.96 Å². The number of carboxylic acid groups (broad SMARTS) is 2. The first-order valence-electron chi connectivity index (χ1n) is 8.41. The highest BCUT2D eigenvalue weighted by Crippen LogP contribution is 2.04. The molecule has 0 fully saturated rings. The largest absolute Gasteiger partial charge is 0.480 e. The Labute approximate surface area is 146 Å². The highest BCUT2D eigenvalue weighted by atomic mass is 16.4. The Morgan fingerprint density at radius 3 is 2.40 bits per heavy atom. The van der Waals surface area contributed by atoms with Crippen molar-refractivity contribution in [2.75, 3.05) is 13.1 Å². The van der Waals surface area contributed by atoms with Gasteiger partial charge in [-0.25, -0.2) is 4.99 Å². The number of aliphatic imine (C=N–C) groups is 2. The van der Waals surface area contributed by atoms with Crippen LogP contribution in [0.1, 0.15) is 39.0 Å². The summed E-state index contributed by atoms with van der Waals surface area (Å²) in [6, 6.07) is -1.74. The molecular formula is C15H28N6O4. The average Bonchev–Trinajstić information content (AvgIpc) is 2.90. The van der Waals surface area contributed by atoms with Crippen LogP contribution >= 0.6 is 0 Å². The molecule has 0 aliphatic carbocycles. The van der Waals surface area contributed by atoms with Crippen molar-refractivity contribution in [2.45, 2.75) is 57.2 Å². The second-order valence-electron chi connectivity index (χ2n) is 6.00. The summed E-state index contributed by atoms with van der Waals surface area (Å²) in [6.07, 6.45) is 2.91. The summed E-state index contributed by atoms with van der Waals surface area (Å²) in [6.45, 7) is 3.07. The molecule has 1 heterocycles. The van der Waals surface area contributed by atoms with E-state index in [2.05, 4.69) is 20.6 Å². The summed E-state index contributed by atoms with van der Waals surface area (Å²) in [7, 11) is 0. The fourth-order valence-electron chi connectivity index (χ4n) is 2.23. The maximum absolute atomic E-state index is 10.6. The summed E-state index contributed by atoms with van der Waals surface area (Å²) in [5.74, 6) is -0.607. The minimum absolute atomic E-state index is 0.0787. The van der Waals surface area contributed by atoms with Crippen molar-refractivity contribution >= 4 is 23.7 Å². The lowest BCUT2D eigenvalue weighted by Crippen LogP contribution is -2.38. The van der Waals surface area contributed by atoms with Crippen LogP contribution < -0.4 is 22.1 Å². The number of nitrogens with two attached hydrogens (primary N) is 2. The van der Waals surface area contributed by atoms with Crippen molar-refractivity contribution < 1.29 is 19.8 Å². The molecule has 1 aliphatic heterocycles. The Kier molecular flexibility index (Phi) is 8.86. The SMILES string of the molecule is CC1N=C(NCCCC(N)C(=O)O)N/C1=N/CCCCC(N)C(=O)O. The molecule has 8 N–H and O–H groups in total. The van der Waals surface area contributed by atoms with Gasteiger partial charge in [-0.1, -0.05) is 0 Å². The molecule has 10 heteroatoms. The third kappa shape index (κ3) is 7.94. The monoisotopic (exact) mass is 356 g/mol. The van der Waals surface area contributed by atoms with E-state index in [1.165, 1.54) is 0 Å². The van der Waals surface area contributed by atoms with Gasteiger partial charge in [0.1, 0.15) is 24.0 Å². The van der Waals surface area contributed by atoms with Crippen LogP contribution in [-0.2, 0) is 9.59 Å². The van der Waals surface area contributed by atoms with Crippen molar-refractivity contribution in [2.24, 2.45) is 21.5 Å². The molecule has 0 bridgehead atoms. The van der Waals surface area contributed by atoms with Gasteiger partial charge in [-0.15, -0.1) is 0 Å². The van der Waals surface area contributed by atoms with Gasteiger partial charge in [0.05, 0.1) is 0 Å². The Morgan fingerprint density at radius 2 is 1.80 bits per heavy atom. The van der Waals surface area contributed by atoms with E-state index in [0.717, 1.165) is 12.3 Å². The average molecular weight is 356 g/mol. The summed E-state index contributed by atoms with van der Waals surface area (Å²) in [5.41, 5.74) is 10.9. The Bertz CT molecular complexity index is 522. The highest BCUT2D eigenvalue weighted by Gasteiger charge is 2.19.